The highest BCUT2D eigenvalue weighted by Gasteiger charge is 2.45. The Morgan fingerprint density at radius 2 is 1.73 bits per heavy atom. The molecule has 1 N–H and O–H groups in total. The number of hydrogen-bond donors (Lipinski definition) is 1. The zero-order chi connectivity index (χ0) is 27.2. The maximum atomic E-state index is 13.7. The van der Waals surface area contributed by atoms with Crippen molar-refractivity contribution in [1.82, 2.24) is 0 Å². The first-order valence-electron chi connectivity index (χ1n) is 12.6. The molecule has 0 saturated heterocycles. The van der Waals surface area contributed by atoms with E-state index in [1.165, 1.54) is 24.3 Å². The van der Waals surface area contributed by atoms with Crippen LogP contribution in [0.15, 0.2) is 42.5 Å². The smallest absolute Gasteiger partial charge is 0.392 e. The molecule has 3 rings (SSSR count). The van der Waals surface area contributed by atoms with Crippen molar-refractivity contribution in [2.45, 2.75) is 70.4 Å². The second-order valence-corrected chi connectivity index (χ2v) is 10.6. The van der Waals surface area contributed by atoms with Gasteiger partial charge in [0.1, 0.15) is 0 Å². The van der Waals surface area contributed by atoms with Crippen LogP contribution < -0.4 is 5.32 Å². The Hall–Kier alpha value is -2.25. The average Bonchev–Trinajstić information content (AvgIpc) is 3.65. The lowest BCUT2D eigenvalue weighted by Crippen LogP contribution is -2.34. The molecule has 0 aliphatic heterocycles. The van der Waals surface area contributed by atoms with Crippen molar-refractivity contribution in [2.24, 2.45) is 11.8 Å². The summed E-state index contributed by atoms with van der Waals surface area (Å²) in [7, 11) is 0. The van der Waals surface area contributed by atoms with Gasteiger partial charge in [-0.3, -0.25) is 9.59 Å². The molecule has 0 heterocycles. The fourth-order valence-corrected chi connectivity index (χ4v) is 4.60. The average molecular weight is 558 g/mol. The quantitative estimate of drug-likeness (QED) is 0.210. The van der Waals surface area contributed by atoms with E-state index < -0.39 is 23.9 Å². The van der Waals surface area contributed by atoms with Crippen molar-refractivity contribution in [1.29, 1.82) is 0 Å². The van der Waals surface area contributed by atoms with E-state index >= 15 is 0 Å². The summed E-state index contributed by atoms with van der Waals surface area (Å²) in [6.07, 6.45) is 0.280. The highest BCUT2D eigenvalue weighted by atomic mass is 35.5. The molecule has 1 aliphatic rings. The monoisotopic (exact) mass is 557 g/mol. The summed E-state index contributed by atoms with van der Waals surface area (Å²) in [5.74, 6) is -4.20. The van der Waals surface area contributed by atoms with Crippen LogP contribution in [0.4, 0.5) is 18.9 Å². The van der Waals surface area contributed by atoms with Gasteiger partial charge in [0.15, 0.2) is 0 Å². The summed E-state index contributed by atoms with van der Waals surface area (Å²) in [4.78, 5) is 25.7. The van der Waals surface area contributed by atoms with E-state index in [2.05, 4.69) is 5.32 Å². The number of benzene rings is 2. The second kappa shape index (κ2) is 13.0. The van der Waals surface area contributed by atoms with Gasteiger partial charge in [-0.05, 0) is 60.1 Å². The summed E-state index contributed by atoms with van der Waals surface area (Å²) >= 11 is 12.2. The predicted molar refractivity (Wildman–Crippen MR) is 140 cm³/mol. The van der Waals surface area contributed by atoms with E-state index in [0.717, 1.165) is 44.6 Å². The van der Waals surface area contributed by atoms with Crippen LogP contribution in [0.25, 0.3) is 0 Å². The number of nitrogens with one attached hydrogen (secondary N) is 1. The Morgan fingerprint density at radius 1 is 1.08 bits per heavy atom. The number of halogens is 5. The zero-order valence-electron chi connectivity index (χ0n) is 20.9. The lowest BCUT2D eigenvalue weighted by atomic mass is 9.85. The molecule has 202 valence electrons. The molecule has 37 heavy (non-hydrogen) atoms. The highest BCUT2D eigenvalue weighted by Crippen LogP contribution is 2.42. The maximum absolute atomic E-state index is 13.7. The minimum atomic E-state index is -4.60. The summed E-state index contributed by atoms with van der Waals surface area (Å²) in [5, 5.41) is 3.17. The van der Waals surface area contributed by atoms with E-state index in [9.17, 15) is 22.8 Å². The molecule has 0 aromatic heterocycles. The molecular weight excluding hydrogens is 526 g/mol. The van der Waals surface area contributed by atoms with Gasteiger partial charge in [-0.1, -0.05) is 74.5 Å². The lowest BCUT2D eigenvalue weighted by molar-refractivity contribution is -0.178. The molecule has 0 radical (unpaired) electrons. The number of amides is 1. The third-order valence-corrected chi connectivity index (χ3v) is 7.32. The summed E-state index contributed by atoms with van der Waals surface area (Å²) < 4.78 is 46.4. The molecular formula is C28H32Cl2F3NO3. The molecule has 0 spiro atoms. The number of rotatable bonds is 12. The van der Waals surface area contributed by atoms with Gasteiger partial charge >= 0.3 is 12.1 Å². The predicted octanol–water partition coefficient (Wildman–Crippen LogP) is 8.53. The van der Waals surface area contributed by atoms with Gasteiger partial charge in [-0.2, -0.15) is 13.2 Å². The minimum Gasteiger partial charge on any atom is -0.466 e. The number of carbonyl (C=O) groups excluding carboxylic acids is 2. The van der Waals surface area contributed by atoms with Crippen LogP contribution in [0.2, 0.25) is 10.0 Å². The number of ether oxygens (including phenoxy) is 1. The Bertz CT molecular complexity index is 1070. The van der Waals surface area contributed by atoms with Gasteiger partial charge in [0.2, 0.25) is 5.91 Å². The third-order valence-electron chi connectivity index (χ3n) is 6.74. The van der Waals surface area contributed by atoms with Crippen LogP contribution in [-0.2, 0) is 14.3 Å². The van der Waals surface area contributed by atoms with Gasteiger partial charge in [-0.15, -0.1) is 0 Å². The number of carbonyl (C=O) groups is 2. The first-order chi connectivity index (χ1) is 17.5. The first-order valence-corrected chi connectivity index (χ1v) is 13.3. The number of hydrogen-bond acceptors (Lipinski definition) is 3. The van der Waals surface area contributed by atoms with Crippen LogP contribution >= 0.6 is 23.2 Å². The molecule has 2 aromatic rings. The molecule has 0 bridgehead atoms. The summed E-state index contributed by atoms with van der Waals surface area (Å²) in [6.45, 7) is 3.36. The molecule has 3 unspecified atom stereocenters. The van der Waals surface area contributed by atoms with Gasteiger partial charge in [0.25, 0.3) is 0 Å². The molecule has 1 saturated carbocycles. The standard InChI is InChI=1S/C28H32Cl2F3NO3/c1-3-4-13-37-25(35)16-21(14-18-5-6-18)20-9-12-23(30)24(15-20)34-27(36)26(17(2)28(31,32)33)19-7-10-22(29)11-8-19/h7-12,15,17-18,21,26H,3-6,13-14,16H2,1-2H3,(H,34,36). The summed E-state index contributed by atoms with van der Waals surface area (Å²) in [6, 6.07) is 10.8. The Balaban J connectivity index is 1.84. The van der Waals surface area contributed by atoms with Gasteiger partial charge in [-0.25, -0.2) is 0 Å². The van der Waals surface area contributed by atoms with Crippen LogP contribution in [0.1, 0.15) is 75.3 Å². The number of unbranched alkanes of at least 4 members (excludes halogenated alkanes) is 1. The molecule has 1 amide bonds. The Morgan fingerprint density at radius 3 is 2.32 bits per heavy atom. The van der Waals surface area contributed by atoms with Crippen LogP contribution in [-0.4, -0.2) is 24.7 Å². The molecule has 4 nitrogen and oxygen atoms in total. The minimum absolute atomic E-state index is 0.143. The van der Waals surface area contributed by atoms with Gasteiger partial charge in [0.05, 0.1) is 35.6 Å². The van der Waals surface area contributed by atoms with E-state index in [4.69, 9.17) is 27.9 Å². The largest absolute Gasteiger partial charge is 0.466 e. The lowest BCUT2D eigenvalue weighted by Gasteiger charge is -2.26. The second-order valence-electron chi connectivity index (χ2n) is 9.74. The van der Waals surface area contributed by atoms with E-state index in [1.54, 1.807) is 18.2 Å². The van der Waals surface area contributed by atoms with Crippen LogP contribution in [0, 0.1) is 11.8 Å². The maximum Gasteiger partial charge on any atom is 0.392 e. The molecule has 2 aromatic carbocycles. The summed E-state index contributed by atoms with van der Waals surface area (Å²) in [5.41, 5.74) is 1.18. The van der Waals surface area contributed by atoms with Gasteiger partial charge in [0, 0.05) is 5.02 Å². The SMILES string of the molecule is CCCCOC(=O)CC(CC1CC1)c1ccc(Cl)c(NC(=O)C(c2ccc(Cl)cc2)C(C)C(F)(F)F)c1. The van der Waals surface area contributed by atoms with Crippen molar-refractivity contribution >= 4 is 40.8 Å². The first kappa shape index (κ1) is 29.3. The normalized spacial score (nSPS) is 16.1. The highest BCUT2D eigenvalue weighted by molar-refractivity contribution is 6.33. The van der Waals surface area contributed by atoms with Crippen molar-refractivity contribution in [3.05, 3.63) is 63.6 Å². The van der Waals surface area contributed by atoms with Crippen molar-refractivity contribution in [3.8, 4) is 0 Å². The van der Waals surface area contributed by atoms with Crippen LogP contribution in [0.5, 0.6) is 0 Å². The van der Waals surface area contributed by atoms with E-state index in [-0.39, 0.29) is 34.6 Å². The van der Waals surface area contributed by atoms with Crippen molar-refractivity contribution < 1.29 is 27.5 Å². The molecule has 1 aliphatic carbocycles. The third kappa shape index (κ3) is 8.64. The Kier molecular flexibility index (Phi) is 10.3. The van der Waals surface area contributed by atoms with E-state index in [1.807, 2.05) is 6.92 Å². The van der Waals surface area contributed by atoms with E-state index in [0.29, 0.717) is 17.5 Å². The molecule has 1 fully saturated rings. The van der Waals surface area contributed by atoms with Crippen molar-refractivity contribution in [3.63, 3.8) is 0 Å². The van der Waals surface area contributed by atoms with Gasteiger partial charge < -0.3 is 10.1 Å². The Labute approximate surface area is 225 Å². The molecule has 3 atom stereocenters. The number of anilines is 1. The molecule has 9 heteroatoms. The fraction of sp³-hybridized carbons (Fsp3) is 0.500. The zero-order valence-corrected chi connectivity index (χ0v) is 22.4. The number of alkyl halides is 3. The number of esters is 1. The fourth-order valence-electron chi connectivity index (χ4n) is 4.31. The topological polar surface area (TPSA) is 55.4 Å². The van der Waals surface area contributed by atoms with Crippen molar-refractivity contribution in [2.75, 3.05) is 11.9 Å². The van der Waals surface area contributed by atoms with Crippen LogP contribution in [0.3, 0.4) is 0 Å².